The number of azo groups is 1. The zero-order valence-electron chi connectivity index (χ0n) is 13.7. The molecule has 3 aromatic carbocycles. The van der Waals surface area contributed by atoms with Crippen LogP contribution in [0.4, 0.5) is 17.1 Å². The fourth-order valence-corrected chi connectivity index (χ4v) is 2.22. The Hall–Kier alpha value is -3.47. The Kier molecular flexibility index (Phi) is 4.85. The van der Waals surface area contributed by atoms with Crippen LogP contribution in [-0.2, 0) is 0 Å². The molecular formula is C20H17N3O2. The van der Waals surface area contributed by atoms with Crippen molar-refractivity contribution in [1.29, 1.82) is 0 Å². The zero-order valence-corrected chi connectivity index (χ0v) is 13.7. The van der Waals surface area contributed by atoms with Gasteiger partial charge >= 0.3 is 0 Å². The van der Waals surface area contributed by atoms with Crippen LogP contribution in [-0.4, -0.2) is 16.4 Å². The van der Waals surface area contributed by atoms with Crippen LogP contribution in [0, 0.1) is 6.92 Å². The molecule has 0 aliphatic rings. The molecule has 3 rings (SSSR count). The Morgan fingerprint density at radius 3 is 2.16 bits per heavy atom. The van der Waals surface area contributed by atoms with Gasteiger partial charge in [-0.2, -0.15) is 0 Å². The largest absolute Gasteiger partial charge is 0.507 e. The van der Waals surface area contributed by atoms with E-state index in [2.05, 4.69) is 15.2 Å². The molecule has 124 valence electrons. The van der Waals surface area contributed by atoms with Crippen molar-refractivity contribution in [3.63, 3.8) is 0 Å². The number of benzene rings is 3. The highest BCUT2D eigenvalue weighted by atomic mass is 16.3. The molecule has 0 spiro atoms. The molecule has 3 aromatic rings. The van der Waals surface area contributed by atoms with E-state index in [1.165, 1.54) is 0 Å². The summed E-state index contributed by atoms with van der Waals surface area (Å²) < 4.78 is 0. The summed E-state index contributed by atoms with van der Waals surface area (Å²) in [7, 11) is 0. The monoisotopic (exact) mass is 331 g/mol. The number of nitrogens with zero attached hydrogens (tertiary/aromatic N) is 3. The summed E-state index contributed by atoms with van der Waals surface area (Å²) in [5.41, 5.74) is 3.13. The second-order valence-electron chi connectivity index (χ2n) is 5.50. The normalized spacial score (nSPS) is 11.4. The summed E-state index contributed by atoms with van der Waals surface area (Å²) in [5.74, 6) is 0.244. The van der Waals surface area contributed by atoms with Gasteiger partial charge in [0.15, 0.2) is 0 Å². The SMILES string of the molecule is Cc1ccc(N=Nc2ccccc2N=Cc2ccccc2O)c(O)c1. The van der Waals surface area contributed by atoms with Gasteiger partial charge in [0.05, 0.1) is 5.69 Å². The lowest BCUT2D eigenvalue weighted by Gasteiger charge is -2.01. The molecule has 0 saturated carbocycles. The highest BCUT2D eigenvalue weighted by molar-refractivity contribution is 5.86. The molecule has 0 saturated heterocycles. The zero-order chi connectivity index (χ0) is 17.6. The highest BCUT2D eigenvalue weighted by Gasteiger charge is 2.02. The predicted octanol–water partition coefficient (Wildman–Crippen LogP) is 5.57. The molecule has 0 atom stereocenters. The molecule has 0 aliphatic heterocycles. The van der Waals surface area contributed by atoms with E-state index >= 15 is 0 Å². The smallest absolute Gasteiger partial charge is 0.143 e. The van der Waals surface area contributed by atoms with Crippen molar-refractivity contribution in [2.75, 3.05) is 0 Å². The summed E-state index contributed by atoms with van der Waals surface area (Å²) in [4.78, 5) is 4.38. The molecule has 0 aliphatic carbocycles. The minimum Gasteiger partial charge on any atom is -0.507 e. The minimum absolute atomic E-state index is 0.0824. The molecule has 0 heterocycles. The van der Waals surface area contributed by atoms with Crippen LogP contribution in [0.25, 0.3) is 0 Å². The Balaban J connectivity index is 1.88. The van der Waals surface area contributed by atoms with Gasteiger partial charge < -0.3 is 10.2 Å². The van der Waals surface area contributed by atoms with Crippen LogP contribution in [0.2, 0.25) is 0 Å². The number of phenols is 2. The van der Waals surface area contributed by atoms with E-state index in [4.69, 9.17) is 0 Å². The van der Waals surface area contributed by atoms with Crippen molar-refractivity contribution >= 4 is 23.3 Å². The molecule has 0 unspecified atom stereocenters. The second kappa shape index (κ2) is 7.40. The fourth-order valence-electron chi connectivity index (χ4n) is 2.22. The number of phenolic OH excluding ortho intramolecular Hbond substituents is 2. The van der Waals surface area contributed by atoms with Gasteiger partial charge in [-0.15, -0.1) is 10.2 Å². The standard InChI is InChI=1S/C20H17N3O2/c1-14-10-11-18(20(25)12-14)23-22-17-8-4-3-7-16(17)21-13-15-6-2-5-9-19(15)24/h2-13,24-25H,1H3. The summed E-state index contributed by atoms with van der Waals surface area (Å²) in [6, 6.07) is 19.4. The average Bonchev–Trinajstić information content (AvgIpc) is 2.61. The van der Waals surface area contributed by atoms with Crippen LogP contribution in [0.3, 0.4) is 0 Å². The van der Waals surface area contributed by atoms with Crippen LogP contribution in [0.5, 0.6) is 11.5 Å². The minimum atomic E-state index is 0.0824. The Labute approximate surface area is 145 Å². The van der Waals surface area contributed by atoms with E-state index in [0.29, 0.717) is 22.6 Å². The maximum Gasteiger partial charge on any atom is 0.143 e. The van der Waals surface area contributed by atoms with Gasteiger partial charge in [0.25, 0.3) is 0 Å². The van der Waals surface area contributed by atoms with E-state index in [1.807, 2.05) is 31.2 Å². The molecule has 0 bridgehead atoms. The van der Waals surface area contributed by atoms with Gasteiger partial charge in [-0.3, -0.25) is 4.99 Å². The van der Waals surface area contributed by atoms with Gasteiger partial charge in [-0.25, -0.2) is 0 Å². The van der Waals surface area contributed by atoms with Gasteiger partial charge in [0.2, 0.25) is 0 Å². The second-order valence-corrected chi connectivity index (χ2v) is 5.50. The van der Waals surface area contributed by atoms with Gasteiger partial charge in [-0.05, 0) is 48.9 Å². The predicted molar refractivity (Wildman–Crippen MR) is 98.8 cm³/mol. The van der Waals surface area contributed by atoms with Crippen LogP contribution < -0.4 is 0 Å². The molecule has 0 amide bonds. The number of rotatable bonds is 4. The molecule has 0 radical (unpaired) electrons. The van der Waals surface area contributed by atoms with Crippen molar-refractivity contribution in [1.82, 2.24) is 0 Å². The lowest BCUT2D eigenvalue weighted by Crippen LogP contribution is -1.80. The van der Waals surface area contributed by atoms with E-state index in [1.54, 1.807) is 48.7 Å². The summed E-state index contributed by atoms with van der Waals surface area (Å²) in [6.45, 7) is 1.89. The number of hydrogen-bond acceptors (Lipinski definition) is 5. The average molecular weight is 331 g/mol. The van der Waals surface area contributed by atoms with Crippen LogP contribution >= 0.6 is 0 Å². The van der Waals surface area contributed by atoms with Gasteiger partial charge in [0.1, 0.15) is 22.9 Å². The van der Waals surface area contributed by atoms with E-state index < -0.39 is 0 Å². The number of aryl methyl sites for hydroxylation is 1. The molecule has 25 heavy (non-hydrogen) atoms. The third-order valence-corrected chi connectivity index (χ3v) is 3.56. The van der Waals surface area contributed by atoms with Crippen LogP contribution in [0.1, 0.15) is 11.1 Å². The van der Waals surface area contributed by atoms with Crippen molar-refractivity contribution in [2.45, 2.75) is 6.92 Å². The fraction of sp³-hybridized carbons (Fsp3) is 0.0500. The Bertz CT molecular complexity index is 949. The Morgan fingerprint density at radius 2 is 1.40 bits per heavy atom. The molecule has 0 aromatic heterocycles. The summed E-state index contributed by atoms with van der Waals surface area (Å²) in [5, 5.41) is 28.0. The van der Waals surface area contributed by atoms with Gasteiger partial charge in [-0.1, -0.05) is 30.3 Å². The first-order chi connectivity index (χ1) is 12.1. The van der Waals surface area contributed by atoms with Crippen molar-refractivity contribution < 1.29 is 10.2 Å². The van der Waals surface area contributed by atoms with E-state index in [9.17, 15) is 10.2 Å². The lowest BCUT2D eigenvalue weighted by atomic mass is 10.2. The molecule has 5 heteroatoms. The summed E-state index contributed by atoms with van der Waals surface area (Å²) in [6.07, 6.45) is 1.58. The first-order valence-electron chi connectivity index (χ1n) is 7.76. The lowest BCUT2D eigenvalue weighted by molar-refractivity contribution is 0.474. The first kappa shape index (κ1) is 16.4. The number of para-hydroxylation sites is 2. The molecule has 0 fully saturated rings. The maximum atomic E-state index is 9.91. The van der Waals surface area contributed by atoms with Crippen molar-refractivity contribution in [3.8, 4) is 11.5 Å². The third-order valence-electron chi connectivity index (χ3n) is 3.56. The Morgan fingerprint density at radius 1 is 0.720 bits per heavy atom. The topological polar surface area (TPSA) is 77.5 Å². The quantitative estimate of drug-likeness (QED) is 0.484. The first-order valence-corrected chi connectivity index (χ1v) is 7.76. The van der Waals surface area contributed by atoms with Crippen LogP contribution in [0.15, 0.2) is 82.0 Å². The van der Waals surface area contributed by atoms with Gasteiger partial charge in [0, 0.05) is 11.8 Å². The number of hydrogen-bond donors (Lipinski definition) is 2. The van der Waals surface area contributed by atoms with Crippen molar-refractivity contribution in [3.05, 3.63) is 77.9 Å². The number of aromatic hydroxyl groups is 2. The van der Waals surface area contributed by atoms with E-state index in [0.717, 1.165) is 5.56 Å². The maximum absolute atomic E-state index is 9.91. The number of aliphatic imine (C=N–C) groups is 1. The molecular weight excluding hydrogens is 314 g/mol. The molecule has 2 N–H and O–H groups in total. The molecule has 5 nitrogen and oxygen atoms in total. The van der Waals surface area contributed by atoms with E-state index in [-0.39, 0.29) is 11.5 Å². The third kappa shape index (κ3) is 4.09. The summed E-state index contributed by atoms with van der Waals surface area (Å²) >= 11 is 0. The highest BCUT2D eigenvalue weighted by Crippen LogP contribution is 2.32. The van der Waals surface area contributed by atoms with Crippen molar-refractivity contribution in [2.24, 2.45) is 15.2 Å².